The number of nitrogen functional groups attached to an aromatic ring is 1. The largest absolute Gasteiger partial charge is 0.478 e. The lowest BCUT2D eigenvalue weighted by Crippen LogP contribution is -2.15. The van der Waals surface area contributed by atoms with Crippen LogP contribution in [0.15, 0.2) is 94.5 Å². The first kappa shape index (κ1) is 37.6. The molecule has 0 aliphatic carbocycles. The SMILES string of the molecule is CC(C)Cc1nc2cc(C(=O)Nc3ccc(F)cc3)ccc2c(=O)[nH]1.CC(C)Cc1nc2cc(C(=O)O)ccc2c(=O)[nH]1.Nc1ccc(F)cc1. The van der Waals surface area contributed by atoms with Crippen LogP contribution in [0.4, 0.5) is 20.2 Å². The summed E-state index contributed by atoms with van der Waals surface area (Å²) in [6, 6.07) is 20.3. The Kier molecular flexibility index (Phi) is 12.5. The molecule has 0 atom stereocenters. The molecule has 0 aliphatic heterocycles. The number of anilines is 2. The molecule has 6 aromatic rings. The maximum Gasteiger partial charge on any atom is 0.335 e. The number of carboxylic acid groups (broad SMARTS) is 1. The van der Waals surface area contributed by atoms with Gasteiger partial charge in [-0.05, 0) is 96.8 Å². The lowest BCUT2D eigenvalue weighted by atomic mass is 10.1. The molecule has 2 aromatic heterocycles. The average Bonchev–Trinajstić information content (AvgIpc) is 3.06. The normalized spacial score (nSPS) is 10.7. The molecule has 11 nitrogen and oxygen atoms in total. The summed E-state index contributed by atoms with van der Waals surface area (Å²) in [5.74, 6) is -0.0816. The maximum atomic E-state index is 12.9. The van der Waals surface area contributed by atoms with Crippen LogP contribution >= 0.6 is 0 Å². The minimum atomic E-state index is -1.02. The highest BCUT2D eigenvalue weighted by Gasteiger charge is 2.12. The van der Waals surface area contributed by atoms with Gasteiger partial charge in [0.1, 0.15) is 23.3 Å². The van der Waals surface area contributed by atoms with Crippen molar-refractivity contribution in [1.82, 2.24) is 19.9 Å². The van der Waals surface area contributed by atoms with Crippen molar-refractivity contribution >= 4 is 45.1 Å². The van der Waals surface area contributed by atoms with E-state index in [1.807, 2.05) is 27.7 Å². The molecule has 0 bridgehead atoms. The molecule has 0 saturated carbocycles. The smallest absolute Gasteiger partial charge is 0.335 e. The minimum Gasteiger partial charge on any atom is -0.478 e. The Morgan fingerprint density at radius 1 is 0.706 bits per heavy atom. The molecule has 2 heterocycles. The highest BCUT2D eigenvalue weighted by molar-refractivity contribution is 6.06. The third-order valence-corrected chi connectivity index (χ3v) is 7.20. The summed E-state index contributed by atoms with van der Waals surface area (Å²) in [6.45, 7) is 8.13. The van der Waals surface area contributed by atoms with Gasteiger partial charge in [0.2, 0.25) is 0 Å². The summed E-state index contributed by atoms with van der Waals surface area (Å²) in [6.07, 6.45) is 1.31. The summed E-state index contributed by atoms with van der Waals surface area (Å²) < 4.78 is 25.0. The summed E-state index contributed by atoms with van der Waals surface area (Å²) >= 11 is 0. The van der Waals surface area contributed by atoms with E-state index in [4.69, 9.17) is 10.8 Å². The average molecular weight is 697 g/mol. The standard InChI is InChI=1S/C19H18FN3O2.C13H14N2O3.C6H6FN/c1-11(2)9-17-22-16-10-12(3-8-15(16)19(25)23-17)18(24)21-14-6-4-13(20)5-7-14;1-7(2)5-11-14-10-6-8(13(17)18)3-4-9(10)12(16)15-11;7-5-1-3-6(8)4-2-5/h3-8,10-11H,9H2,1-2H3,(H,21,24)(H,22,23,25);3-4,6-7H,5H2,1-2H3,(H,17,18)(H,14,15,16);1-4H,8H2. The number of carbonyl (C=O) groups excluding carboxylic acids is 1. The zero-order chi connectivity index (χ0) is 37.2. The number of carbonyl (C=O) groups is 2. The van der Waals surface area contributed by atoms with Crippen molar-refractivity contribution in [1.29, 1.82) is 0 Å². The van der Waals surface area contributed by atoms with E-state index in [9.17, 15) is 28.0 Å². The zero-order valence-electron chi connectivity index (χ0n) is 28.5. The van der Waals surface area contributed by atoms with Crippen LogP contribution in [0.2, 0.25) is 0 Å². The van der Waals surface area contributed by atoms with Crippen molar-refractivity contribution in [2.45, 2.75) is 40.5 Å². The molecular formula is C38H38F2N6O5. The van der Waals surface area contributed by atoms with Gasteiger partial charge in [-0.3, -0.25) is 14.4 Å². The number of nitrogens with zero attached hydrogens (tertiary/aromatic N) is 2. The maximum absolute atomic E-state index is 12.9. The van der Waals surface area contributed by atoms with Crippen molar-refractivity contribution in [3.63, 3.8) is 0 Å². The minimum absolute atomic E-state index is 0.135. The van der Waals surface area contributed by atoms with Gasteiger partial charge in [0, 0.05) is 29.8 Å². The number of aromatic amines is 2. The number of hydrogen-bond donors (Lipinski definition) is 5. The predicted octanol–water partition coefficient (Wildman–Crippen LogP) is 6.74. The molecule has 6 N–H and O–H groups in total. The van der Waals surface area contributed by atoms with Gasteiger partial charge in [-0.15, -0.1) is 0 Å². The molecule has 0 aliphatic rings. The van der Waals surface area contributed by atoms with E-state index in [2.05, 4.69) is 25.3 Å². The van der Waals surface area contributed by atoms with Gasteiger partial charge in [0.25, 0.3) is 17.0 Å². The van der Waals surface area contributed by atoms with E-state index < -0.39 is 5.97 Å². The van der Waals surface area contributed by atoms with Gasteiger partial charge in [0.15, 0.2) is 0 Å². The van der Waals surface area contributed by atoms with Gasteiger partial charge in [-0.1, -0.05) is 27.7 Å². The van der Waals surface area contributed by atoms with Crippen LogP contribution < -0.4 is 22.2 Å². The van der Waals surface area contributed by atoms with Gasteiger partial charge in [0.05, 0.1) is 27.4 Å². The molecular weight excluding hydrogens is 658 g/mol. The van der Waals surface area contributed by atoms with Gasteiger partial charge < -0.3 is 26.1 Å². The van der Waals surface area contributed by atoms with Crippen molar-refractivity contribution in [3.05, 3.63) is 140 Å². The Morgan fingerprint density at radius 3 is 1.57 bits per heavy atom. The van der Waals surface area contributed by atoms with Crippen LogP contribution in [0.5, 0.6) is 0 Å². The third kappa shape index (κ3) is 10.9. The molecule has 0 saturated heterocycles. The summed E-state index contributed by atoms with van der Waals surface area (Å²) in [4.78, 5) is 61.5. The van der Waals surface area contributed by atoms with Crippen LogP contribution in [0.25, 0.3) is 21.8 Å². The number of aromatic nitrogens is 4. The lowest BCUT2D eigenvalue weighted by Gasteiger charge is -2.08. The second-order valence-corrected chi connectivity index (χ2v) is 12.5. The predicted molar refractivity (Wildman–Crippen MR) is 194 cm³/mol. The fourth-order valence-corrected chi connectivity index (χ4v) is 4.82. The summed E-state index contributed by atoms with van der Waals surface area (Å²) in [5, 5.41) is 12.5. The number of aromatic carboxylic acids is 1. The van der Waals surface area contributed by atoms with E-state index in [1.165, 1.54) is 66.7 Å². The first-order chi connectivity index (χ1) is 24.2. The summed E-state index contributed by atoms with van der Waals surface area (Å²) in [7, 11) is 0. The van der Waals surface area contributed by atoms with E-state index in [-0.39, 0.29) is 34.2 Å². The molecule has 13 heteroatoms. The third-order valence-electron chi connectivity index (χ3n) is 7.20. The van der Waals surface area contributed by atoms with Crippen LogP contribution in [-0.2, 0) is 12.8 Å². The quantitative estimate of drug-likeness (QED) is 0.114. The molecule has 264 valence electrons. The van der Waals surface area contributed by atoms with Gasteiger partial charge in [-0.25, -0.2) is 23.5 Å². The number of benzene rings is 4. The fraction of sp³-hybridized carbons (Fsp3) is 0.211. The number of rotatable bonds is 7. The zero-order valence-corrected chi connectivity index (χ0v) is 28.5. The van der Waals surface area contributed by atoms with Crippen LogP contribution in [0, 0.1) is 23.5 Å². The van der Waals surface area contributed by atoms with Crippen LogP contribution in [0.3, 0.4) is 0 Å². The number of nitrogens with one attached hydrogen (secondary N) is 3. The first-order valence-corrected chi connectivity index (χ1v) is 16.1. The fourth-order valence-electron chi connectivity index (χ4n) is 4.82. The van der Waals surface area contributed by atoms with Crippen molar-refractivity contribution in [2.75, 3.05) is 11.1 Å². The van der Waals surface area contributed by atoms with Gasteiger partial charge in [-0.2, -0.15) is 0 Å². The van der Waals surface area contributed by atoms with Crippen molar-refractivity contribution in [3.8, 4) is 0 Å². The second kappa shape index (κ2) is 16.9. The Labute approximate surface area is 291 Å². The van der Waals surface area contributed by atoms with E-state index >= 15 is 0 Å². The van der Waals surface area contributed by atoms with Crippen molar-refractivity contribution < 1.29 is 23.5 Å². The Morgan fingerprint density at radius 2 is 1.14 bits per heavy atom. The number of fused-ring (bicyclic) bond motifs is 2. The number of hydrogen-bond acceptors (Lipinski definition) is 7. The number of halogens is 2. The number of nitrogens with two attached hydrogens (primary N) is 1. The Hall–Kier alpha value is -6.24. The second-order valence-electron chi connectivity index (χ2n) is 12.5. The Balaban J connectivity index is 0.000000194. The molecule has 0 fully saturated rings. The molecule has 0 radical (unpaired) electrons. The lowest BCUT2D eigenvalue weighted by molar-refractivity contribution is 0.0696. The van der Waals surface area contributed by atoms with Gasteiger partial charge >= 0.3 is 5.97 Å². The van der Waals surface area contributed by atoms with Crippen LogP contribution in [0.1, 0.15) is 60.1 Å². The van der Waals surface area contributed by atoms with Crippen molar-refractivity contribution in [2.24, 2.45) is 11.8 Å². The molecule has 4 aromatic carbocycles. The van der Waals surface area contributed by atoms with E-state index in [1.54, 1.807) is 18.2 Å². The number of H-pyrrole nitrogens is 2. The monoisotopic (exact) mass is 696 g/mol. The molecule has 0 unspecified atom stereocenters. The number of carboxylic acids is 1. The van der Waals surface area contributed by atoms with E-state index in [0.717, 1.165) is 0 Å². The number of amides is 1. The van der Waals surface area contributed by atoms with E-state index in [0.29, 0.717) is 75.1 Å². The summed E-state index contributed by atoms with van der Waals surface area (Å²) in [5.41, 5.74) is 7.31. The highest BCUT2D eigenvalue weighted by atomic mass is 19.1. The highest BCUT2D eigenvalue weighted by Crippen LogP contribution is 2.16. The molecule has 0 spiro atoms. The van der Waals surface area contributed by atoms with Crippen LogP contribution in [-0.4, -0.2) is 36.9 Å². The first-order valence-electron chi connectivity index (χ1n) is 16.1. The Bertz CT molecular complexity index is 2250. The molecule has 1 amide bonds. The topological polar surface area (TPSA) is 184 Å². The molecule has 6 rings (SSSR count). The molecule has 51 heavy (non-hydrogen) atoms.